The summed E-state index contributed by atoms with van der Waals surface area (Å²) in [7, 11) is 3.08. The largest absolute Gasteiger partial charge is 0.493 e. The normalized spacial score (nSPS) is 15.4. The summed E-state index contributed by atoms with van der Waals surface area (Å²) in [5, 5.41) is 0. The van der Waals surface area contributed by atoms with Crippen molar-refractivity contribution >= 4 is 11.8 Å². The molecule has 0 atom stereocenters. The van der Waals surface area contributed by atoms with E-state index in [2.05, 4.69) is 0 Å². The van der Waals surface area contributed by atoms with Crippen LogP contribution in [-0.2, 0) is 16.0 Å². The van der Waals surface area contributed by atoms with Crippen LogP contribution in [0.1, 0.15) is 41.6 Å². The molecular weight excluding hydrogens is 372 g/mol. The summed E-state index contributed by atoms with van der Waals surface area (Å²) in [4.78, 5) is 24.1. The molecule has 6 nitrogen and oxygen atoms in total. The number of aryl methyl sites for hydroxylation is 1. The molecule has 0 heterocycles. The Morgan fingerprint density at radius 3 is 2.48 bits per heavy atom. The van der Waals surface area contributed by atoms with Crippen molar-refractivity contribution in [3.05, 3.63) is 41.5 Å². The third-order valence-corrected chi connectivity index (χ3v) is 5.52. The Hall–Kier alpha value is -3.02. The summed E-state index contributed by atoms with van der Waals surface area (Å²) in [5.74, 6) is 1.12. The first-order chi connectivity index (χ1) is 14.1. The SMILES string of the molecule is COc1ccc(-c2ccc3c(c2)CCC3=O)c(OCC(=O)OC2CCC2)c1OC. The highest BCUT2D eigenvalue weighted by Gasteiger charge is 2.25. The number of carbonyl (C=O) groups is 2. The average Bonchev–Trinajstić information content (AvgIpc) is 3.08. The minimum Gasteiger partial charge on any atom is -0.493 e. The summed E-state index contributed by atoms with van der Waals surface area (Å²) in [6.07, 6.45) is 4.20. The van der Waals surface area contributed by atoms with E-state index in [0.29, 0.717) is 23.7 Å². The second-order valence-electron chi connectivity index (χ2n) is 7.30. The predicted octanol–water partition coefficient (Wildman–Crippen LogP) is 3.97. The lowest BCUT2D eigenvalue weighted by atomic mass is 9.96. The van der Waals surface area contributed by atoms with E-state index in [1.54, 1.807) is 13.2 Å². The van der Waals surface area contributed by atoms with Gasteiger partial charge in [0, 0.05) is 17.5 Å². The van der Waals surface area contributed by atoms with Crippen molar-refractivity contribution in [2.24, 2.45) is 0 Å². The molecule has 0 bridgehead atoms. The fraction of sp³-hybridized carbons (Fsp3) is 0.391. The Morgan fingerprint density at radius 2 is 1.79 bits per heavy atom. The summed E-state index contributed by atoms with van der Waals surface area (Å²) in [6, 6.07) is 9.41. The van der Waals surface area contributed by atoms with Gasteiger partial charge in [0.2, 0.25) is 5.75 Å². The molecule has 2 aromatic carbocycles. The van der Waals surface area contributed by atoms with E-state index in [-0.39, 0.29) is 18.5 Å². The average molecular weight is 396 g/mol. The van der Waals surface area contributed by atoms with E-state index in [0.717, 1.165) is 47.9 Å². The number of esters is 1. The number of carbonyl (C=O) groups excluding carboxylic acids is 2. The summed E-state index contributed by atoms with van der Waals surface area (Å²) in [5.41, 5.74) is 3.46. The second kappa shape index (κ2) is 8.15. The molecular formula is C23H24O6. The molecule has 1 saturated carbocycles. The van der Waals surface area contributed by atoms with Crippen molar-refractivity contribution in [3.8, 4) is 28.4 Å². The summed E-state index contributed by atoms with van der Waals surface area (Å²) >= 11 is 0. The van der Waals surface area contributed by atoms with E-state index < -0.39 is 5.97 Å². The number of ether oxygens (including phenoxy) is 4. The van der Waals surface area contributed by atoms with E-state index in [4.69, 9.17) is 18.9 Å². The van der Waals surface area contributed by atoms with Gasteiger partial charge in [0.15, 0.2) is 23.9 Å². The van der Waals surface area contributed by atoms with Crippen molar-refractivity contribution in [2.75, 3.05) is 20.8 Å². The number of hydrogen-bond donors (Lipinski definition) is 0. The predicted molar refractivity (Wildman–Crippen MR) is 107 cm³/mol. The van der Waals surface area contributed by atoms with Crippen LogP contribution in [-0.4, -0.2) is 38.7 Å². The quantitative estimate of drug-likeness (QED) is 0.660. The van der Waals surface area contributed by atoms with E-state index in [1.807, 2.05) is 24.3 Å². The summed E-state index contributed by atoms with van der Waals surface area (Å²) < 4.78 is 22.2. The topological polar surface area (TPSA) is 71.1 Å². The van der Waals surface area contributed by atoms with Crippen LogP contribution in [0.3, 0.4) is 0 Å². The molecule has 0 aromatic heterocycles. The van der Waals surface area contributed by atoms with Crippen LogP contribution in [0, 0.1) is 0 Å². The van der Waals surface area contributed by atoms with Gasteiger partial charge in [-0.05, 0) is 48.9 Å². The second-order valence-corrected chi connectivity index (χ2v) is 7.30. The van der Waals surface area contributed by atoms with Crippen molar-refractivity contribution < 1.29 is 28.5 Å². The van der Waals surface area contributed by atoms with Crippen molar-refractivity contribution in [2.45, 2.75) is 38.2 Å². The van der Waals surface area contributed by atoms with Crippen molar-refractivity contribution in [1.29, 1.82) is 0 Å². The van der Waals surface area contributed by atoms with Gasteiger partial charge < -0.3 is 18.9 Å². The maximum Gasteiger partial charge on any atom is 0.344 e. The van der Waals surface area contributed by atoms with Crippen molar-refractivity contribution in [3.63, 3.8) is 0 Å². The Bertz CT molecular complexity index is 945. The number of ketones is 1. The van der Waals surface area contributed by atoms with Crippen molar-refractivity contribution in [1.82, 2.24) is 0 Å². The van der Waals surface area contributed by atoms with Gasteiger partial charge in [-0.15, -0.1) is 0 Å². The highest BCUT2D eigenvalue weighted by molar-refractivity contribution is 6.01. The maximum atomic E-state index is 12.2. The molecule has 2 aliphatic rings. The zero-order chi connectivity index (χ0) is 20.4. The Balaban J connectivity index is 1.66. The fourth-order valence-corrected chi connectivity index (χ4v) is 3.73. The molecule has 0 aliphatic heterocycles. The third-order valence-electron chi connectivity index (χ3n) is 5.52. The van der Waals surface area contributed by atoms with Gasteiger partial charge in [-0.2, -0.15) is 0 Å². The smallest absolute Gasteiger partial charge is 0.344 e. The van der Waals surface area contributed by atoms with Gasteiger partial charge in [-0.3, -0.25) is 4.79 Å². The van der Waals surface area contributed by atoms with Crippen LogP contribution in [0.2, 0.25) is 0 Å². The lowest BCUT2D eigenvalue weighted by Crippen LogP contribution is -2.28. The van der Waals surface area contributed by atoms with Crippen LogP contribution in [0.25, 0.3) is 11.1 Å². The van der Waals surface area contributed by atoms with Gasteiger partial charge in [-0.1, -0.05) is 18.2 Å². The van der Waals surface area contributed by atoms with E-state index in [9.17, 15) is 9.59 Å². The highest BCUT2D eigenvalue weighted by Crippen LogP contribution is 2.45. The number of methoxy groups -OCH3 is 2. The number of hydrogen-bond acceptors (Lipinski definition) is 6. The number of fused-ring (bicyclic) bond motifs is 1. The first-order valence-electron chi connectivity index (χ1n) is 9.84. The molecule has 152 valence electrons. The van der Waals surface area contributed by atoms with Crippen LogP contribution in [0.5, 0.6) is 17.2 Å². The van der Waals surface area contributed by atoms with Gasteiger partial charge in [0.1, 0.15) is 6.10 Å². The van der Waals surface area contributed by atoms with Crippen LogP contribution >= 0.6 is 0 Å². The molecule has 0 unspecified atom stereocenters. The zero-order valence-electron chi connectivity index (χ0n) is 16.7. The standard InChI is InChI=1S/C23H24O6/c1-26-20-11-9-18(15-6-8-17-14(12-15)7-10-19(17)24)22(23(20)27-2)28-13-21(25)29-16-4-3-5-16/h6,8-9,11-12,16H,3-5,7,10,13H2,1-2H3. The fourth-order valence-electron chi connectivity index (χ4n) is 3.73. The zero-order valence-corrected chi connectivity index (χ0v) is 16.7. The molecule has 0 radical (unpaired) electrons. The van der Waals surface area contributed by atoms with E-state index in [1.165, 1.54) is 7.11 Å². The molecule has 0 N–H and O–H groups in total. The van der Waals surface area contributed by atoms with E-state index >= 15 is 0 Å². The monoisotopic (exact) mass is 396 g/mol. The molecule has 0 spiro atoms. The molecule has 0 saturated heterocycles. The van der Waals surface area contributed by atoms with Gasteiger partial charge in [-0.25, -0.2) is 4.79 Å². The molecule has 29 heavy (non-hydrogen) atoms. The first kappa shape index (κ1) is 19.3. The van der Waals surface area contributed by atoms with Gasteiger partial charge >= 0.3 is 5.97 Å². The molecule has 1 fully saturated rings. The number of benzene rings is 2. The van der Waals surface area contributed by atoms with Crippen LogP contribution < -0.4 is 14.2 Å². The molecule has 2 aromatic rings. The molecule has 6 heteroatoms. The first-order valence-corrected chi connectivity index (χ1v) is 9.84. The van der Waals surface area contributed by atoms with Crippen LogP contribution in [0.15, 0.2) is 30.3 Å². The lowest BCUT2D eigenvalue weighted by Gasteiger charge is -2.25. The Morgan fingerprint density at radius 1 is 1.00 bits per heavy atom. The molecule has 0 amide bonds. The molecule has 2 aliphatic carbocycles. The summed E-state index contributed by atoms with van der Waals surface area (Å²) in [6.45, 7) is -0.212. The number of Topliss-reactive ketones (excluding diaryl/α,β-unsaturated/α-hetero) is 1. The Labute approximate surface area is 169 Å². The van der Waals surface area contributed by atoms with Gasteiger partial charge in [0.25, 0.3) is 0 Å². The van der Waals surface area contributed by atoms with Gasteiger partial charge in [0.05, 0.1) is 14.2 Å². The van der Waals surface area contributed by atoms with Crippen LogP contribution in [0.4, 0.5) is 0 Å². The minimum atomic E-state index is -0.398. The minimum absolute atomic E-state index is 0.00650. The molecule has 4 rings (SSSR count). The highest BCUT2D eigenvalue weighted by atomic mass is 16.6. The third kappa shape index (κ3) is 3.79. The maximum absolute atomic E-state index is 12.2. The Kier molecular flexibility index (Phi) is 5.43. The number of rotatable bonds is 7. The lowest BCUT2D eigenvalue weighted by molar-refractivity contribution is -0.155.